The third-order valence-corrected chi connectivity index (χ3v) is 15.4. The van der Waals surface area contributed by atoms with Crippen molar-refractivity contribution in [3.63, 3.8) is 0 Å². The van der Waals surface area contributed by atoms with Gasteiger partial charge in [-0.1, -0.05) is 95.1 Å². The number of carbonyl (C=O) groups is 4. The fraction of sp³-hybridized carbons (Fsp3) is 0.464. The predicted octanol–water partition coefficient (Wildman–Crippen LogP) is 10.1. The first kappa shape index (κ1) is 50.0. The maximum atomic E-state index is 13.6. The van der Waals surface area contributed by atoms with Gasteiger partial charge in [0.15, 0.2) is 0 Å². The van der Waals surface area contributed by atoms with Crippen LogP contribution in [0, 0.1) is 11.8 Å². The number of imidazole rings is 2. The van der Waals surface area contributed by atoms with Crippen molar-refractivity contribution in [3.8, 4) is 33.5 Å². The maximum absolute atomic E-state index is 13.6. The lowest BCUT2D eigenvalue weighted by Gasteiger charge is -2.29. The summed E-state index contributed by atoms with van der Waals surface area (Å²) in [4.78, 5) is 64.8. The zero-order valence-electron chi connectivity index (χ0n) is 41.8. The van der Waals surface area contributed by atoms with Crippen molar-refractivity contribution in [2.75, 3.05) is 34.3 Å². The molecular formula is C56H70N8O6. The van der Waals surface area contributed by atoms with E-state index in [1.807, 2.05) is 32.0 Å². The number of hydrogen-bond acceptors (Lipinski definition) is 9. The van der Waals surface area contributed by atoms with Gasteiger partial charge in [0.2, 0.25) is 5.91 Å². The third kappa shape index (κ3) is 9.85. The van der Waals surface area contributed by atoms with E-state index >= 15 is 0 Å². The van der Waals surface area contributed by atoms with E-state index in [-0.39, 0.29) is 41.7 Å². The number of rotatable bonds is 11. The van der Waals surface area contributed by atoms with Crippen molar-refractivity contribution in [2.45, 2.75) is 121 Å². The Hall–Kier alpha value is -6.38. The van der Waals surface area contributed by atoms with Gasteiger partial charge in [0.1, 0.15) is 17.9 Å². The molecule has 2 amide bonds. The van der Waals surface area contributed by atoms with E-state index < -0.39 is 12.1 Å². The Labute approximate surface area is 411 Å². The van der Waals surface area contributed by atoms with Crippen molar-refractivity contribution in [1.29, 1.82) is 0 Å². The number of aldehydes is 1. The number of aromatic nitrogens is 4. The summed E-state index contributed by atoms with van der Waals surface area (Å²) in [5.41, 5.74) is 13.1. The average molecular weight is 951 g/mol. The van der Waals surface area contributed by atoms with Gasteiger partial charge in [-0.2, -0.15) is 0 Å². The number of likely N-dealkylation sites (tertiary alicyclic amines) is 2. The number of ether oxygens (including phenoxy) is 1. The van der Waals surface area contributed by atoms with Crippen LogP contribution in [0.1, 0.15) is 120 Å². The van der Waals surface area contributed by atoms with Gasteiger partial charge in [-0.05, 0) is 146 Å². The van der Waals surface area contributed by atoms with E-state index in [1.165, 1.54) is 84.2 Å². The molecule has 1 saturated carbocycles. The molecule has 4 aromatic carbocycles. The third-order valence-electron chi connectivity index (χ3n) is 15.4. The molecule has 0 radical (unpaired) electrons. The second kappa shape index (κ2) is 21.7. The lowest BCUT2D eigenvalue weighted by Crippen LogP contribution is -2.47. The standard InChI is InChI=1S/C48H55N7O.C7H13NO3.CH2O2/c1-29(2)44(49-3)47(56)55-26-10-14-42(55)45-50-28-40(53-45)36-19-18-34(32-11-5-6-12-33(32)36)35-17-16-31(43-37(35)21-24-48(43)22-7-8-23-48)30-15-20-38-39(27-30)52-46(51-38)41-13-9-25-54(41)4;1-5(2)6(4-9)8-7(10)11-3;2-1-3/h5-6,11-12,15-20,27-29,41-42,44,49H,7-10,13-14,21-26H2,1-4H3,(H,50,53)(H,51,52);4-6H,1-3H3,(H,8,10);1H,(H,2,3). The van der Waals surface area contributed by atoms with Crippen LogP contribution in [0.5, 0.6) is 0 Å². The molecule has 70 heavy (non-hydrogen) atoms. The predicted molar refractivity (Wildman–Crippen MR) is 275 cm³/mol. The second-order valence-corrected chi connectivity index (χ2v) is 20.2. The number of alkyl carbamates (subject to hydrolysis) is 1. The van der Waals surface area contributed by atoms with Crippen LogP contribution in [0.3, 0.4) is 0 Å². The smallest absolute Gasteiger partial charge is 0.407 e. The van der Waals surface area contributed by atoms with Gasteiger partial charge in [-0.15, -0.1) is 0 Å². The average Bonchev–Trinajstić information content (AvgIpc) is 4.24. The second-order valence-electron chi connectivity index (χ2n) is 20.2. The Balaban J connectivity index is 0.000000414. The van der Waals surface area contributed by atoms with Crippen LogP contribution < -0.4 is 10.6 Å². The summed E-state index contributed by atoms with van der Waals surface area (Å²) in [6, 6.07) is 24.9. The molecule has 2 aliphatic heterocycles. The molecule has 14 heteroatoms. The highest BCUT2D eigenvalue weighted by Crippen LogP contribution is 2.56. The SMILES string of the molecule is CNC(C(=O)N1CCCC1c1ncc(-c2ccc(-c3ccc(-c4ccc5nc(C6CCCN6C)[nH]c5c4)c4c3CCC43CCCC3)c3ccccc23)[nH]1)C(C)C.COC(=O)NC(C=O)C(C)C.O=CO. The van der Waals surface area contributed by atoms with Crippen molar-refractivity contribution in [2.24, 2.45) is 11.8 Å². The molecule has 0 bridgehead atoms. The quantitative estimate of drug-likeness (QED) is 0.0783. The van der Waals surface area contributed by atoms with Crippen molar-refractivity contribution >= 4 is 46.6 Å². The molecule has 2 aromatic heterocycles. The van der Waals surface area contributed by atoms with Crippen LogP contribution in [0.25, 0.3) is 55.3 Å². The lowest BCUT2D eigenvalue weighted by atomic mass is 9.76. The van der Waals surface area contributed by atoms with Crippen LogP contribution >= 0.6 is 0 Å². The number of aromatic amines is 2. The first-order valence-corrected chi connectivity index (χ1v) is 25.2. The molecule has 2 aliphatic carbocycles. The van der Waals surface area contributed by atoms with Gasteiger partial charge in [0, 0.05) is 12.1 Å². The highest BCUT2D eigenvalue weighted by Gasteiger charge is 2.44. The Morgan fingerprint density at radius 3 is 2.16 bits per heavy atom. The fourth-order valence-electron chi connectivity index (χ4n) is 11.9. The summed E-state index contributed by atoms with van der Waals surface area (Å²) in [6.07, 6.45) is 13.9. The van der Waals surface area contributed by atoms with E-state index in [0.29, 0.717) is 12.3 Å². The number of nitrogens with one attached hydrogen (secondary N) is 4. The van der Waals surface area contributed by atoms with Crippen molar-refractivity contribution in [1.82, 2.24) is 40.4 Å². The Morgan fingerprint density at radius 1 is 0.829 bits per heavy atom. The molecule has 4 heterocycles. The number of carboxylic acid groups (broad SMARTS) is 1. The van der Waals surface area contributed by atoms with Crippen molar-refractivity contribution < 1.29 is 29.0 Å². The summed E-state index contributed by atoms with van der Waals surface area (Å²) in [5, 5.41) is 15.0. The number of amides is 2. The van der Waals surface area contributed by atoms with Crippen LogP contribution in [0.2, 0.25) is 0 Å². The van der Waals surface area contributed by atoms with E-state index in [0.717, 1.165) is 72.7 Å². The number of fused-ring (bicyclic) bond motifs is 4. The summed E-state index contributed by atoms with van der Waals surface area (Å²) in [6.45, 7) is 9.54. The zero-order valence-corrected chi connectivity index (χ0v) is 41.8. The number of nitrogens with zero attached hydrogens (tertiary/aromatic N) is 4. The van der Waals surface area contributed by atoms with Crippen LogP contribution in [-0.4, -0.2) is 106 Å². The number of carbonyl (C=O) groups excluding carboxylic acids is 3. The topological polar surface area (TPSA) is 186 Å². The van der Waals surface area contributed by atoms with Crippen molar-refractivity contribution in [3.05, 3.63) is 95.7 Å². The summed E-state index contributed by atoms with van der Waals surface area (Å²) in [5.74, 6) is 2.45. The highest BCUT2D eigenvalue weighted by molar-refractivity contribution is 6.05. The molecule has 5 N–H and O–H groups in total. The highest BCUT2D eigenvalue weighted by atomic mass is 16.5. The van der Waals surface area contributed by atoms with Gasteiger partial charge in [-0.3, -0.25) is 14.5 Å². The number of benzene rings is 4. The van der Waals surface area contributed by atoms with E-state index in [4.69, 9.17) is 19.9 Å². The van der Waals surface area contributed by atoms with Gasteiger partial charge in [-0.25, -0.2) is 14.8 Å². The van der Waals surface area contributed by atoms with E-state index in [2.05, 4.69) is 118 Å². The molecule has 1 spiro atoms. The minimum atomic E-state index is -0.573. The molecule has 14 nitrogen and oxygen atoms in total. The molecule has 10 rings (SSSR count). The number of methoxy groups -OCH3 is 1. The monoisotopic (exact) mass is 951 g/mol. The largest absolute Gasteiger partial charge is 0.483 e. The molecule has 3 fully saturated rings. The lowest BCUT2D eigenvalue weighted by molar-refractivity contribution is -0.135. The molecule has 370 valence electrons. The first-order chi connectivity index (χ1) is 33.9. The Morgan fingerprint density at radius 2 is 1.50 bits per heavy atom. The van der Waals surface area contributed by atoms with Gasteiger partial charge in [0.05, 0.1) is 54.2 Å². The molecular weight excluding hydrogens is 881 g/mol. The summed E-state index contributed by atoms with van der Waals surface area (Å²) < 4.78 is 4.32. The van der Waals surface area contributed by atoms with Gasteiger partial charge >= 0.3 is 6.09 Å². The van der Waals surface area contributed by atoms with Crippen LogP contribution in [-0.2, 0) is 31.0 Å². The molecule has 4 atom stereocenters. The number of hydrogen-bond donors (Lipinski definition) is 5. The maximum Gasteiger partial charge on any atom is 0.407 e. The van der Waals surface area contributed by atoms with Crippen LogP contribution in [0.15, 0.2) is 72.9 Å². The van der Waals surface area contributed by atoms with Gasteiger partial charge < -0.3 is 40.1 Å². The Bertz CT molecular complexity index is 2830. The minimum Gasteiger partial charge on any atom is -0.483 e. The summed E-state index contributed by atoms with van der Waals surface area (Å²) in [7, 11) is 5.36. The molecule has 6 aromatic rings. The normalized spacial score (nSPS) is 19.2. The number of likely N-dealkylation sites (N-methyl/N-ethyl adjacent to an activating group) is 1. The molecule has 4 aliphatic rings. The summed E-state index contributed by atoms with van der Waals surface area (Å²) >= 11 is 0. The molecule has 2 saturated heterocycles. The zero-order chi connectivity index (χ0) is 49.7. The van der Waals surface area contributed by atoms with E-state index in [1.54, 1.807) is 5.56 Å². The van der Waals surface area contributed by atoms with Gasteiger partial charge in [0.25, 0.3) is 6.47 Å². The Kier molecular flexibility index (Phi) is 15.5. The van der Waals surface area contributed by atoms with E-state index in [9.17, 15) is 14.4 Å². The fourth-order valence-corrected chi connectivity index (χ4v) is 11.9. The molecule has 4 unspecified atom stereocenters. The first-order valence-electron chi connectivity index (χ1n) is 25.2. The van der Waals surface area contributed by atoms with Crippen LogP contribution in [0.4, 0.5) is 4.79 Å². The minimum absolute atomic E-state index is 0.0366. The number of H-pyrrole nitrogens is 2.